The van der Waals surface area contributed by atoms with Gasteiger partial charge in [0.25, 0.3) is 5.22 Å². The van der Waals surface area contributed by atoms with Crippen LogP contribution in [0.5, 0.6) is 0 Å². The topological polar surface area (TPSA) is 58.4 Å². The van der Waals surface area contributed by atoms with Crippen LogP contribution in [0.3, 0.4) is 0 Å². The zero-order valence-corrected chi connectivity index (χ0v) is 15.2. The van der Waals surface area contributed by atoms with E-state index in [1.54, 1.807) is 18.3 Å². The molecule has 0 fully saturated rings. The van der Waals surface area contributed by atoms with Gasteiger partial charge in [0.05, 0.1) is 11.9 Å². The van der Waals surface area contributed by atoms with Crippen LogP contribution in [-0.2, 0) is 4.79 Å². The quantitative estimate of drug-likeness (QED) is 0.656. The number of aromatic nitrogens is 1. The molecule has 7 heteroatoms. The number of thioether (sulfide) groups is 1. The molecule has 0 atom stereocenters. The summed E-state index contributed by atoms with van der Waals surface area (Å²) in [6.07, 6.45) is 1.56. The summed E-state index contributed by atoms with van der Waals surface area (Å²) in [6.45, 7) is 0. The number of nitrogens with zero attached hydrogens (tertiary/aromatic N) is 2. The van der Waals surface area contributed by atoms with Crippen LogP contribution >= 0.6 is 11.8 Å². The Bertz CT molecular complexity index is 877. The minimum atomic E-state index is -0.307. The van der Waals surface area contributed by atoms with E-state index in [0.29, 0.717) is 11.0 Å². The maximum atomic E-state index is 13.0. The number of halogens is 1. The van der Waals surface area contributed by atoms with Crippen molar-refractivity contribution in [2.24, 2.45) is 0 Å². The Morgan fingerprint density at radius 3 is 2.50 bits per heavy atom. The summed E-state index contributed by atoms with van der Waals surface area (Å²) < 4.78 is 18.6. The Kier molecular flexibility index (Phi) is 5.58. The molecule has 2 aromatic carbocycles. The molecule has 1 N–H and O–H groups in total. The number of hydrogen-bond donors (Lipinski definition) is 1. The number of nitrogens with one attached hydrogen (secondary N) is 1. The van der Waals surface area contributed by atoms with Crippen LogP contribution in [0.15, 0.2) is 64.4 Å². The van der Waals surface area contributed by atoms with Crippen LogP contribution in [0.25, 0.3) is 11.3 Å². The first kappa shape index (κ1) is 18.0. The standard InChI is InChI=1S/C19H18FN3O2S/c1-23(2)16-9-7-15(8-10-16)22-18(24)12-26-19-21-11-17(25-19)13-3-5-14(20)6-4-13/h3-11H,12H2,1-2H3,(H,22,24). The molecule has 0 saturated heterocycles. The van der Waals surface area contributed by atoms with Gasteiger partial charge in [0.15, 0.2) is 5.76 Å². The van der Waals surface area contributed by atoms with Crippen molar-refractivity contribution in [3.05, 3.63) is 60.5 Å². The molecule has 0 aliphatic rings. The summed E-state index contributed by atoms with van der Waals surface area (Å²) in [5.74, 6) is 0.262. The van der Waals surface area contributed by atoms with Crippen molar-refractivity contribution in [3.63, 3.8) is 0 Å². The number of rotatable bonds is 6. The summed E-state index contributed by atoms with van der Waals surface area (Å²) in [7, 11) is 3.92. The van der Waals surface area contributed by atoms with E-state index in [1.807, 2.05) is 43.3 Å². The molecule has 0 radical (unpaired) electrons. The molecule has 134 valence electrons. The van der Waals surface area contributed by atoms with Gasteiger partial charge >= 0.3 is 0 Å². The zero-order chi connectivity index (χ0) is 18.5. The van der Waals surface area contributed by atoms with E-state index in [0.717, 1.165) is 16.9 Å². The average Bonchev–Trinajstić information content (AvgIpc) is 3.10. The van der Waals surface area contributed by atoms with Crippen molar-refractivity contribution in [3.8, 4) is 11.3 Å². The van der Waals surface area contributed by atoms with E-state index in [9.17, 15) is 9.18 Å². The lowest BCUT2D eigenvalue weighted by Crippen LogP contribution is -2.14. The first-order valence-electron chi connectivity index (χ1n) is 7.93. The Balaban J connectivity index is 1.54. The van der Waals surface area contributed by atoms with Crippen molar-refractivity contribution < 1.29 is 13.6 Å². The Morgan fingerprint density at radius 2 is 1.85 bits per heavy atom. The van der Waals surface area contributed by atoms with E-state index < -0.39 is 0 Å². The molecule has 1 aromatic heterocycles. The number of carbonyl (C=O) groups excluding carboxylic acids is 1. The number of carbonyl (C=O) groups is 1. The third kappa shape index (κ3) is 4.64. The highest BCUT2D eigenvalue weighted by Crippen LogP contribution is 2.25. The molecule has 0 spiro atoms. The fourth-order valence-corrected chi connectivity index (χ4v) is 2.84. The number of anilines is 2. The average molecular weight is 371 g/mol. The molecule has 1 heterocycles. The van der Waals surface area contributed by atoms with Gasteiger partial charge in [-0.1, -0.05) is 11.8 Å². The van der Waals surface area contributed by atoms with Crippen LogP contribution in [0.2, 0.25) is 0 Å². The third-order valence-electron chi connectivity index (χ3n) is 3.61. The fourth-order valence-electron chi connectivity index (χ4n) is 2.24. The highest BCUT2D eigenvalue weighted by Gasteiger charge is 2.10. The molecule has 5 nitrogen and oxygen atoms in total. The molecule has 0 unspecified atom stereocenters. The minimum absolute atomic E-state index is 0.144. The Hall–Kier alpha value is -2.80. The van der Waals surface area contributed by atoms with Crippen molar-refractivity contribution in [2.75, 3.05) is 30.1 Å². The molecule has 0 aliphatic heterocycles. The number of oxazole rings is 1. The van der Waals surface area contributed by atoms with Crippen LogP contribution in [-0.4, -0.2) is 30.7 Å². The van der Waals surface area contributed by atoms with Crippen molar-refractivity contribution in [1.29, 1.82) is 0 Å². The van der Waals surface area contributed by atoms with Crippen LogP contribution in [0, 0.1) is 5.82 Å². The third-order valence-corrected chi connectivity index (χ3v) is 4.45. The van der Waals surface area contributed by atoms with Crippen LogP contribution < -0.4 is 10.2 Å². The Morgan fingerprint density at radius 1 is 1.15 bits per heavy atom. The summed E-state index contributed by atoms with van der Waals surface area (Å²) in [4.78, 5) is 18.2. The van der Waals surface area contributed by atoms with E-state index in [4.69, 9.17) is 4.42 Å². The largest absolute Gasteiger partial charge is 0.431 e. The second kappa shape index (κ2) is 8.05. The molecular weight excluding hydrogens is 353 g/mol. The van der Waals surface area contributed by atoms with Crippen LogP contribution in [0.1, 0.15) is 0 Å². The maximum Gasteiger partial charge on any atom is 0.256 e. The summed E-state index contributed by atoms with van der Waals surface area (Å²) >= 11 is 1.20. The first-order chi connectivity index (χ1) is 12.5. The maximum absolute atomic E-state index is 13.0. The number of benzene rings is 2. The Labute approximate surface area is 155 Å². The molecule has 3 rings (SSSR count). The molecule has 0 aliphatic carbocycles. The molecule has 0 bridgehead atoms. The summed E-state index contributed by atoms with van der Waals surface area (Å²) in [6, 6.07) is 13.5. The molecule has 26 heavy (non-hydrogen) atoms. The van der Waals surface area contributed by atoms with Crippen molar-refractivity contribution >= 4 is 29.0 Å². The van der Waals surface area contributed by atoms with Gasteiger partial charge in [-0.3, -0.25) is 4.79 Å². The predicted molar refractivity (Wildman–Crippen MR) is 102 cm³/mol. The first-order valence-corrected chi connectivity index (χ1v) is 8.91. The number of hydrogen-bond acceptors (Lipinski definition) is 5. The predicted octanol–water partition coefficient (Wildman–Crippen LogP) is 4.28. The van der Waals surface area contributed by atoms with Gasteiger partial charge in [-0.15, -0.1) is 0 Å². The van der Waals surface area contributed by atoms with Crippen molar-refractivity contribution in [1.82, 2.24) is 4.98 Å². The lowest BCUT2D eigenvalue weighted by Gasteiger charge is -2.12. The molecule has 0 saturated carbocycles. The van der Waals surface area contributed by atoms with E-state index >= 15 is 0 Å². The van der Waals surface area contributed by atoms with E-state index in [-0.39, 0.29) is 17.5 Å². The summed E-state index contributed by atoms with van der Waals surface area (Å²) in [5.41, 5.74) is 2.53. The van der Waals surface area contributed by atoms with Gasteiger partial charge in [-0.05, 0) is 48.5 Å². The fraction of sp³-hybridized carbons (Fsp3) is 0.158. The van der Waals surface area contributed by atoms with E-state index in [2.05, 4.69) is 10.3 Å². The van der Waals surface area contributed by atoms with E-state index in [1.165, 1.54) is 23.9 Å². The minimum Gasteiger partial charge on any atom is -0.431 e. The monoisotopic (exact) mass is 371 g/mol. The molecular formula is C19H18FN3O2S. The van der Waals surface area contributed by atoms with Gasteiger partial charge in [0, 0.05) is 31.0 Å². The number of amides is 1. The van der Waals surface area contributed by atoms with Gasteiger partial charge in [-0.25, -0.2) is 9.37 Å². The highest BCUT2D eigenvalue weighted by atomic mass is 32.2. The smallest absolute Gasteiger partial charge is 0.256 e. The normalized spacial score (nSPS) is 10.6. The lowest BCUT2D eigenvalue weighted by atomic mass is 10.2. The highest BCUT2D eigenvalue weighted by molar-refractivity contribution is 7.99. The van der Waals surface area contributed by atoms with Crippen molar-refractivity contribution in [2.45, 2.75) is 5.22 Å². The second-order valence-corrected chi connectivity index (χ2v) is 6.70. The van der Waals surface area contributed by atoms with Gasteiger partial charge in [-0.2, -0.15) is 0 Å². The zero-order valence-electron chi connectivity index (χ0n) is 14.4. The van der Waals surface area contributed by atoms with Gasteiger partial charge in [0.2, 0.25) is 5.91 Å². The SMILES string of the molecule is CN(C)c1ccc(NC(=O)CSc2ncc(-c3ccc(F)cc3)o2)cc1. The lowest BCUT2D eigenvalue weighted by molar-refractivity contribution is -0.113. The molecule has 3 aromatic rings. The second-order valence-electron chi connectivity index (χ2n) is 5.78. The molecule has 1 amide bonds. The summed E-state index contributed by atoms with van der Waals surface area (Å²) in [5, 5.41) is 3.22. The van der Waals surface area contributed by atoms with Gasteiger partial charge < -0.3 is 14.6 Å². The van der Waals surface area contributed by atoms with Gasteiger partial charge in [0.1, 0.15) is 5.82 Å². The van der Waals surface area contributed by atoms with Crippen LogP contribution in [0.4, 0.5) is 15.8 Å².